The van der Waals surface area contributed by atoms with Crippen LogP contribution in [0.4, 0.5) is 0 Å². The van der Waals surface area contributed by atoms with E-state index in [1.807, 2.05) is 34.6 Å². The molecule has 2 spiro atoms. The van der Waals surface area contributed by atoms with Crippen molar-refractivity contribution in [3.8, 4) is 0 Å². The maximum absolute atomic E-state index is 13.0. The van der Waals surface area contributed by atoms with Crippen molar-refractivity contribution in [1.29, 1.82) is 0 Å². The second-order valence-electron chi connectivity index (χ2n) is 9.31. The first kappa shape index (κ1) is 16.5. The molecule has 0 aliphatic heterocycles. The van der Waals surface area contributed by atoms with Gasteiger partial charge in [-0.05, 0) is 10.8 Å². The van der Waals surface area contributed by atoms with Crippen LogP contribution < -0.4 is 0 Å². The van der Waals surface area contributed by atoms with Gasteiger partial charge in [0.25, 0.3) is 0 Å². The summed E-state index contributed by atoms with van der Waals surface area (Å²) in [6, 6.07) is 0. The molecule has 3 saturated carbocycles. The van der Waals surface area contributed by atoms with E-state index in [2.05, 4.69) is 0 Å². The highest BCUT2D eigenvalue weighted by Crippen LogP contribution is 2.77. The number of hydrogen-bond acceptors (Lipinski definition) is 4. The molecule has 3 rings (SSSR count). The molecule has 0 heterocycles. The minimum absolute atomic E-state index is 0.174. The third-order valence-electron chi connectivity index (χ3n) is 6.31. The van der Waals surface area contributed by atoms with Gasteiger partial charge in [0, 0.05) is 31.6 Å². The Bertz CT molecular complexity index is 544. The lowest BCUT2D eigenvalue weighted by Gasteiger charge is -2.38. The molecule has 4 heteroatoms. The zero-order valence-corrected chi connectivity index (χ0v) is 14.7. The van der Waals surface area contributed by atoms with E-state index in [0.29, 0.717) is 6.42 Å². The molecule has 3 aliphatic carbocycles. The van der Waals surface area contributed by atoms with Crippen LogP contribution in [0.25, 0.3) is 0 Å². The Morgan fingerprint density at radius 1 is 0.696 bits per heavy atom. The quantitative estimate of drug-likeness (QED) is 0.697. The van der Waals surface area contributed by atoms with Gasteiger partial charge in [-0.2, -0.15) is 0 Å². The Morgan fingerprint density at radius 2 is 0.957 bits per heavy atom. The summed E-state index contributed by atoms with van der Waals surface area (Å²) in [4.78, 5) is 51.9. The van der Waals surface area contributed by atoms with Gasteiger partial charge in [0.15, 0.2) is 0 Å². The van der Waals surface area contributed by atoms with E-state index in [-0.39, 0.29) is 59.6 Å². The van der Waals surface area contributed by atoms with E-state index in [4.69, 9.17) is 0 Å². The average molecular weight is 318 g/mol. The summed E-state index contributed by atoms with van der Waals surface area (Å²) in [5, 5.41) is 0. The fraction of sp³-hybridized carbons (Fsp3) is 0.789. The minimum atomic E-state index is -1.33. The van der Waals surface area contributed by atoms with E-state index >= 15 is 0 Å². The zero-order valence-electron chi connectivity index (χ0n) is 14.7. The fourth-order valence-corrected chi connectivity index (χ4v) is 5.55. The lowest BCUT2D eigenvalue weighted by atomic mass is 9.61. The summed E-state index contributed by atoms with van der Waals surface area (Å²) in [5.74, 6) is -1.11. The highest BCUT2D eigenvalue weighted by Gasteiger charge is 2.89. The molecule has 0 aromatic rings. The highest BCUT2D eigenvalue weighted by atomic mass is 16.2. The van der Waals surface area contributed by atoms with Gasteiger partial charge in [-0.15, -0.1) is 0 Å². The molecule has 0 saturated heterocycles. The van der Waals surface area contributed by atoms with Gasteiger partial charge in [-0.25, -0.2) is 0 Å². The van der Waals surface area contributed by atoms with Gasteiger partial charge in [0.1, 0.15) is 34.0 Å². The molecular formula is C19H26O4. The van der Waals surface area contributed by atoms with Crippen molar-refractivity contribution in [2.24, 2.45) is 27.6 Å². The Kier molecular flexibility index (Phi) is 3.16. The number of carbonyl (C=O) groups excluding carboxylic acids is 4. The van der Waals surface area contributed by atoms with Crippen LogP contribution in [-0.4, -0.2) is 23.1 Å². The largest absolute Gasteiger partial charge is 0.298 e. The van der Waals surface area contributed by atoms with Crippen LogP contribution in [0.1, 0.15) is 66.7 Å². The predicted octanol–water partition coefficient (Wildman–Crippen LogP) is 2.92. The summed E-state index contributed by atoms with van der Waals surface area (Å²) < 4.78 is 0. The SMILES string of the molecule is CCC1C2(C(=O)CC(C)(C)CC2=O)C12C(=O)CC(C)(C)CC2=O. The Hall–Kier alpha value is -1.32. The van der Waals surface area contributed by atoms with Gasteiger partial charge in [-0.3, -0.25) is 19.2 Å². The number of rotatable bonds is 1. The summed E-state index contributed by atoms with van der Waals surface area (Å²) in [6.07, 6.45) is 1.64. The van der Waals surface area contributed by atoms with Crippen LogP contribution in [-0.2, 0) is 19.2 Å². The van der Waals surface area contributed by atoms with Crippen LogP contribution >= 0.6 is 0 Å². The Morgan fingerprint density at radius 3 is 1.17 bits per heavy atom. The number of ketones is 4. The summed E-state index contributed by atoms with van der Waals surface area (Å²) >= 11 is 0. The second-order valence-corrected chi connectivity index (χ2v) is 9.31. The topological polar surface area (TPSA) is 68.3 Å². The van der Waals surface area contributed by atoms with Crippen molar-refractivity contribution in [3.63, 3.8) is 0 Å². The Balaban J connectivity index is 2.11. The van der Waals surface area contributed by atoms with Crippen molar-refractivity contribution in [3.05, 3.63) is 0 Å². The molecule has 0 N–H and O–H groups in total. The van der Waals surface area contributed by atoms with Crippen LogP contribution in [0.2, 0.25) is 0 Å². The van der Waals surface area contributed by atoms with Crippen LogP contribution in [0.3, 0.4) is 0 Å². The molecule has 23 heavy (non-hydrogen) atoms. The molecule has 0 atom stereocenters. The maximum Gasteiger partial charge on any atom is 0.148 e. The van der Waals surface area contributed by atoms with Crippen LogP contribution in [0.15, 0.2) is 0 Å². The lowest BCUT2D eigenvalue weighted by molar-refractivity contribution is -0.154. The van der Waals surface area contributed by atoms with E-state index < -0.39 is 16.7 Å². The molecule has 3 fully saturated rings. The van der Waals surface area contributed by atoms with Crippen LogP contribution in [0, 0.1) is 27.6 Å². The number of fused-ring (bicyclic) bond motifs is 1. The third kappa shape index (κ3) is 1.78. The smallest absolute Gasteiger partial charge is 0.148 e. The summed E-state index contributed by atoms with van der Waals surface area (Å²) in [5.41, 5.74) is -3.41. The molecule has 4 nitrogen and oxygen atoms in total. The van der Waals surface area contributed by atoms with E-state index in [1.165, 1.54) is 0 Å². The summed E-state index contributed by atoms with van der Waals surface area (Å²) in [6.45, 7) is 9.49. The first-order valence-corrected chi connectivity index (χ1v) is 8.59. The molecule has 0 aromatic carbocycles. The molecule has 126 valence electrons. The first-order chi connectivity index (χ1) is 10.5. The zero-order chi connectivity index (χ0) is 17.4. The summed E-state index contributed by atoms with van der Waals surface area (Å²) in [7, 11) is 0. The van der Waals surface area contributed by atoms with Crippen molar-refractivity contribution < 1.29 is 19.2 Å². The van der Waals surface area contributed by atoms with Gasteiger partial charge in [-0.1, -0.05) is 41.0 Å². The van der Waals surface area contributed by atoms with Crippen molar-refractivity contribution >= 4 is 23.1 Å². The molecule has 0 bridgehead atoms. The average Bonchev–Trinajstić information content (AvgIpc) is 2.98. The van der Waals surface area contributed by atoms with Gasteiger partial charge in [0.2, 0.25) is 0 Å². The second kappa shape index (κ2) is 4.40. The maximum atomic E-state index is 13.0. The fourth-order valence-electron chi connectivity index (χ4n) is 5.55. The monoisotopic (exact) mass is 318 g/mol. The van der Waals surface area contributed by atoms with Gasteiger partial charge < -0.3 is 0 Å². The van der Waals surface area contributed by atoms with E-state index in [0.717, 1.165) is 0 Å². The van der Waals surface area contributed by atoms with E-state index in [1.54, 1.807) is 0 Å². The number of Topliss-reactive ketones (excluding diaryl/α,β-unsaturated/α-hetero) is 4. The van der Waals surface area contributed by atoms with Crippen molar-refractivity contribution in [2.75, 3.05) is 0 Å². The molecule has 3 aliphatic rings. The Labute approximate surface area is 137 Å². The normalized spacial score (nSPS) is 31.0. The van der Waals surface area contributed by atoms with Crippen molar-refractivity contribution in [1.82, 2.24) is 0 Å². The third-order valence-corrected chi connectivity index (χ3v) is 6.31. The molecule has 0 aromatic heterocycles. The molecule has 0 amide bonds. The van der Waals surface area contributed by atoms with Gasteiger partial charge in [0.05, 0.1) is 0 Å². The van der Waals surface area contributed by atoms with Crippen molar-refractivity contribution in [2.45, 2.75) is 66.7 Å². The standard InChI is InChI=1S/C19H26O4/c1-6-11-18(12(20)7-16(2,3)8-13(18)21)19(11)14(22)9-17(4,5)10-15(19)23/h11H,6-10H2,1-5H3. The molecular weight excluding hydrogens is 292 g/mol. The van der Waals surface area contributed by atoms with Crippen LogP contribution in [0.5, 0.6) is 0 Å². The molecule has 0 unspecified atom stereocenters. The highest BCUT2D eigenvalue weighted by molar-refractivity contribution is 6.29. The first-order valence-electron chi connectivity index (χ1n) is 8.59. The lowest BCUT2D eigenvalue weighted by Crippen LogP contribution is -2.50. The van der Waals surface area contributed by atoms with E-state index in [9.17, 15) is 19.2 Å². The predicted molar refractivity (Wildman–Crippen MR) is 84.7 cm³/mol. The number of carbonyl (C=O) groups is 4. The molecule has 0 radical (unpaired) electrons. The van der Waals surface area contributed by atoms with Gasteiger partial charge >= 0.3 is 0 Å². The number of hydrogen-bond donors (Lipinski definition) is 0. The minimum Gasteiger partial charge on any atom is -0.298 e.